The summed E-state index contributed by atoms with van der Waals surface area (Å²) in [4.78, 5) is 22.3. The molecule has 0 fully saturated rings. The molecular formula is C11H12N6O3S. The maximum absolute atomic E-state index is 11.6. The molecule has 1 heterocycles. The first-order valence-electron chi connectivity index (χ1n) is 5.82. The number of primary amides is 1. The Balaban J connectivity index is 2.15. The lowest BCUT2D eigenvalue weighted by molar-refractivity contribution is -0.119. The maximum Gasteiger partial charge on any atom is 0.318 e. The second-order valence-electron chi connectivity index (χ2n) is 4.00. The van der Waals surface area contributed by atoms with Gasteiger partial charge in [0.2, 0.25) is 11.1 Å². The lowest BCUT2D eigenvalue weighted by Gasteiger charge is -2.09. The third kappa shape index (κ3) is 3.69. The molecule has 0 bridgehead atoms. The van der Waals surface area contributed by atoms with Crippen molar-refractivity contribution in [3.05, 3.63) is 24.3 Å². The molecule has 1 atom stereocenters. The van der Waals surface area contributed by atoms with Gasteiger partial charge in [-0.25, -0.2) is 4.79 Å². The van der Waals surface area contributed by atoms with Crippen LogP contribution in [0.25, 0.3) is 5.69 Å². The van der Waals surface area contributed by atoms with Crippen LogP contribution >= 0.6 is 11.8 Å². The second kappa shape index (κ2) is 6.22. The fraction of sp³-hybridized carbons (Fsp3) is 0.182. The minimum atomic E-state index is -0.912. The van der Waals surface area contributed by atoms with E-state index < -0.39 is 17.2 Å². The minimum absolute atomic E-state index is 0.121. The van der Waals surface area contributed by atoms with E-state index in [1.165, 1.54) is 16.8 Å². The molecule has 2 aromatic rings. The Hall–Kier alpha value is -2.62. The topological polar surface area (TPSA) is 136 Å². The molecule has 0 radical (unpaired) electrons. The number of rotatable bonds is 4. The van der Waals surface area contributed by atoms with Crippen LogP contribution in [0.5, 0.6) is 5.75 Å². The number of hydrogen-bond acceptors (Lipinski definition) is 7. The zero-order valence-electron chi connectivity index (χ0n) is 10.9. The summed E-state index contributed by atoms with van der Waals surface area (Å²) in [6, 6.07) is 5.34. The molecule has 1 aromatic carbocycles. The number of benzene rings is 1. The number of imide groups is 1. The predicted molar refractivity (Wildman–Crippen MR) is 73.9 cm³/mol. The quantitative estimate of drug-likeness (QED) is 0.678. The van der Waals surface area contributed by atoms with Crippen molar-refractivity contribution < 1.29 is 14.7 Å². The van der Waals surface area contributed by atoms with Crippen LogP contribution in [0, 0.1) is 0 Å². The van der Waals surface area contributed by atoms with E-state index in [4.69, 9.17) is 5.73 Å². The molecule has 110 valence electrons. The molecule has 21 heavy (non-hydrogen) atoms. The van der Waals surface area contributed by atoms with Crippen molar-refractivity contribution >= 4 is 23.7 Å². The number of nitrogens with one attached hydrogen (secondary N) is 1. The Labute approximate surface area is 123 Å². The predicted octanol–water partition coefficient (Wildman–Crippen LogP) is 0.0434. The third-order valence-electron chi connectivity index (χ3n) is 2.43. The molecule has 4 N–H and O–H groups in total. The zero-order valence-corrected chi connectivity index (χ0v) is 11.7. The van der Waals surface area contributed by atoms with Gasteiger partial charge in [0, 0.05) is 0 Å². The van der Waals surface area contributed by atoms with E-state index >= 15 is 0 Å². The lowest BCUT2D eigenvalue weighted by Crippen LogP contribution is -2.39. The highest BCUT2D eigenvalue weighted by molar-refractivity contribution is 8.00. The smallest absolute Gasteiger partial charge is 0.318 e. The molecule has 0 saturated carbocycles. The maximum atomic E-state index is 11.6. The van der Waals surface area contributed by atoms with Gasteiger partial charge in [-0.1, -0.05) is 11.8 Å². The van der Waals surface area contributed by atoms with Gasteiger partial charge in [-0.15, -0.1) is 5.10 Å². The Bertz CT molecular complexity index is 656. The van der Waals surface area contributed by atoms with Crippen LogP contribution in [0.4, 0.5) is 4.79 Å². The number of aromatic hydroxyl groups is 1. The average molecular weight is 308 g/mol. The summed E-state index contributed by atoms with van der Waals surface area (Å²) in [7, 11) is 0. The largest absolute Gasteiger partial charge is 0.508 e. The molecule has 0 spiro atoms. The summed E-state index contributed by atoms with van der Waals surface area (Å²) >= 11 is 1.07. The number of hydrogen-bond donors (Lipinski definition) is 3. The van der Waals surface area contributed by atoms with E-state index in [9.17, 15) is 14.7 Å². The highest BCUT2D eigenvalue weighted by Gasteiger charge is 2.20. The summed E-state index contributed by atoms with van der Waals surface area (Å²) in [5.41, 5.74) is 5.52. The first-order chi connectivity index (χ1) is 9.97. The fourth-order valence-corrected chi connectivity index (χ4v) is 2.25. The molecular weight excluding hydrogens is 296 g/mol. The number of tetrazole rings is 1. The van der Waals surface area contributed by atoms with Crippen LogP contribution in [-0.4, -0.2) is 42.5 Å². The lowest BCUT2D eigenvalue weighted by atomic mass is 10.3. The summed E-state index contributed by atoms with van der Waals surface area (Å²) in [5.74, 6) is -0.414. The minimum Gasteiger partial charge on any atom is -0.508 e. The molecule has 3 amide bonds. The van der Waals surface area contributed by atoms with Crippen molar-refractivity contribution in [1.82, 2.24) is 25.5 Å². The summed E-state index contributed by atoms with van der Waals surface area (Å²) < 4.78 is 1.41. The Kier molecular flexibility index (Phi) is 4.38. The highest BCUT2D eigenvalue weighted by atomic mass is 32.2. The number of phenolic OH excluding ortho intramolecular Hbond substituents is 1. The van der Waals surface area contributed by atoms with Crippen LogP contribution in [0.3, 0.4) is 0 Å². The number of aromatic nitrogens is 4. The van der Waals surface area contributed by atoms with E-state index in [1.54, 1.807) is 19.1 Å². The molecule has 10 heteroatoms. The summed E-state index contributed by atoms with van der Waals surface area (Å²) in [6.45, 7) is 1.60. The van der Waals surface area contributed by atoms with Crippen LogP contribution in [-0.2, 0) is 4.79 Å². The van der Waals surface area contributed by atoms with Gasteiger partial charge in [0.1, 0.15) is 5.75 Å². The van der Waals surface area contributed by atoms with Crippen molar-refractivity contribution in [3.63, 3.8) is 0 Å². The van der Waals surface area contributed by atoms with Crippen molar-refractivity contribution in [2.75, 3.05) is 0 Å². The number of carbonyl (C=O) groups excluding carboxylic acids is 2. The summed E-state index contributed by atoms with van der Waals surface area (Å²) in [6.07, 6.45) is 0. The second-order valence-corrected chi connectivity index (χ2v) is 5.31. The van der Waals surface area contributed by atoms with E-state index in [1.807, 2.05) is 5.32 Å². The van der Waals surface area contributed by atoms with Crippen LogP contribution < -0.4 is 11.1 Å². The molecule has 0 saturated heterocycles. The van der Waals surface area contributed by atoms with Crippen LogP contribution in [0.1, 0.15) is 6.92 Å². The highest BCUT2D eigenvalue weighted by Crippen LogP contribution is 2.23. The number of nitrogens with two attached hydrogens (primary N) is 1. The molecule has 0 aliphatic rings. The van der Waals surface area contributed by atoms with Gasteiger partial charge in [-0.2, -0.15) is 4.68 Å². The van der Waals surface area contributed by atoms with E-state index in [2.05, 4.69) is 15.5 Å². The molecule has 1 unspecified atom stereocenters. The van der Waals surface area contributed by atoms with Gasteiger partial charge < -0.3 is 10.8 Å². The van der Waals surface area contributed by atoms with Gasteiger partial charge in [0.25, 0.3) is 0 Å². The van der Waals surface area contributed by atoms with Crippen molar-refractivity contribution in [2.45, 2.75) is 17.3 Å². The number of amides is 3. The summed E-state index contributed by atoms with van der Waals surface area (Å²) in [5, 5.41) is 22.2. The van der Waals surface area contributed by atoms with Gasteiger partial charge >= 0.3 is 6.03 Å². The molecule has 0 aliphatic heterocycles. The monoisotopic (exact) mass is 308 g/mol. The number of phenols is 1. The van der Waals surface area contributed by atoms with E-state index in [0.717, 1.165) is 11.8 Å². The number of thioether (sulfide) groups is 1. The fourth-order valence-electron chi connectivity index (χ4n) is 1.44. The third-order valence-corrected chi connectivity index (χ3v) is 3.47. The van der Waals surface area contributed by atoms with Crippen molar-refractivity contribution in [3.8, 4) is 11.4 Å². The zero-order chi connectivity index (χ0) is 15.4. The number of nitrogens with zero attached hydrogens (tertiary/aromatic N) is 4. The van der Waals surface area contributed by atoms with E-state index in [0.29, 0.717) is 10.8 Å². The standard InChI is InChI=1S/C11H12N6O3S/c1-6(9(19)13-10(12)20)21-11-14-15-16-17(11)7-2-4-8(18)5-3-7/h2-6,18H,1H3,(H3,12,13,19,20). The van der Waals surface area contributed by atoms with E-state index in [-0.39, 0.29) is 5.75 Å². The van der Waals surface area contributed by atoms with Gasteiger partial charge in [-0.3, -0.25) is 10.1 Å². The Morgan fingerprint density at radius 3 is 2.67 bits per heavy atom. The SMILES string of the molecule is CC(Sc1nnnn1-c1ccc(O)cc1)C(=O)NC(N)=O. The van der Waals surface area contributed by atoms with Gasteiger partial charge in [-0.05, 0) is 41.6 Å². The van der Waals surface area contributed by atoms with Crippen LogP contribution in [0.2, 0.25) is 0 Å². The molecule has 1 aromatic heterocycles. The molecule has 2 rings (SSSR count). The first kappa shape index (κ1) is 14.8. The van der Waals surface area contributed by atoms with Gasteiger partial charge in [0.05, 0.1) is 10.9 Å². The average Bonchev–Trinajstić information content (AvgIpc) is 2.87. The normalized spacial score (nSPS) is 11.9. The first-order valence-corrected chi connectivity index (χ1v) is 6.70. The Morgan fingerprint density at radius 1 is 1.38 bits per heavy atom. The number of urea groups is 1. The number of carbonyl (C=O) groups is 2. The van der Waals surface area contributed by atoms with Crippen molar-refractivity contribution in [1.29, 1.82) is 0 Å². The molecule has 0 aliphatic carbocycles. The molecule has 9 nitrogen and oxygen atoms in total. The van der Waals surface area contributed by atoms with Crippen LogP contribution in [0.15, 0.2) is 29.4 Å². The van der Waals surface area contributed by atoms with Crippen molar-refractivity contribution in [2.24, 2.45) is 5.73 Å². The Morgan fingerprint density at radius 2 is 2.05 bits per heavy atom. The van der Waals surface area contributed by atoms with Gasteiger partial charge in [0.15, 0.2) is 0 Å².